The second-order valence-electron chi connectivity index (χ2n) is 4.52. The maximum Gasteiger partial charge on any atom is 0.132 e. The van der Waals surface area contributed by atoms with E-state index in [1.54, 1.807) is 12.5 Å². The van der Waals surface area contributed by atoms with E-state index in [4.69, 9.17) is 0 Å². The minimum absolute atomic E-state index is 0.191. The van der Waals surface area contributed by atoms with Gasteiger partial charge < -0.3 is 9.80 Å². The van der Waals surface area contributed by atoms with E-state index in [1.807, 2.05) is 18.2 Å². The first kappa shape index (κ1) is 11.9. The number of nitrogens with zero attached hydrogens (tertiary/aromatic N) is 4. The van der Waals surface area contributed by atoms with Crippen LogP contribution in [0.1, 0.15) is 0 Å². The molecular formula is C14H15FN4. The molecular weight excluding hydrogens is 243 g/mol. The second-order valence-corrected chi connectivity index (χ2v) is 4.52. The highest BCUT2D eigenvalue weighted by atomic mass is 19.1. The van der Waals surface area contributed by atoms with Crippen molar-refractivity contribution in [2.45, 2.75) is 0 Å². The van der Waals surface area contributed by atoms with Crippen molar-refractivity contribution in [1.29, 1.82) is 0 Å². The van der Waals surface area contributed by atoms with Crippen LogP contribution >= 0.6 is 0 Å². The zero-order valence-corrected chi connectivity index (χ0v) is 10.5. The van der Waals surface area contributed by atoms with Crippen LogP contribution in [-0.4, -0.2) is 36.1 Å². The van der Waals surface area contributed by atoms with Crippen molar-refractivity contribution in [1.82, 2.24) is 9.97 Å². The lowest BCUT2D eigenvalue weighted by molar-refractivity contribution is 0.624. The summed E-state index contributed by atoms with van der Waals surface area (Å²) in [5, 5.41) is 0. The summed E-state index contributed by atoms with van der Waals surface area (Å²) >= 11 is 0. The van der Waals surface area contributed by atoms with E-state index < -0.39 is 0 Å². The molecule has 1 aromatic carbocycles. The topological polar surface area (TPSA) is 32.3 Å². The van der Waals surface area contributed by atoms with Gasteiger partial charge in [0.25, 0.3) is 0 Å². The number of hydrogen-bond donors (Lipinski definition) is 0. The number of hydrogen-bond acceptors (Lipinski definition) is 4. The average molecular weight is 258 g/mol. The van der Waals surface area contributed by atoms with E-state index in [9.17, 15) is 4.39 Å². The maximum atomic E-state index is 12.9. The fourth-order valence-electron chi connectivity index (χ4n) is 2.32. The van der Waals surface area contributed by atoms with Crippen LogP contribution in [0.15, 0.2) is 42.9 Å². The highest BCUT2D eigenvalue weighted by Crippen LogP contribution is 2.19. The van der Waals surface area contributed by atoms with Crippen LogP contribution in [-0.2, 0) is 0 Å². The van der Waals surface area contributed by atoms with Gasteiger partial charge in [0.15, 0.2) is 0 Å². The van der Waals surface area contributed by atoms with Crippen molar-refractivity contribution in [3.8, 4) is 0 Å². The van der Waals surface area contributed by atoms with Gasteiger partial charge in [0, 0.05) is 38.1 Å². The zero-order chi connectivity index (χ0) is 13.1. The SMILES string of the molecule is Fc1ccc(N2CCN(c3ccncn3)CC2)cc1. The van der Waals surface area contributed by atoms with E-state index in [1.165, 1.54) is 12.1 Å². The molecule has 1 aliphatic rings. The third-order valence-corrected chi connectivity index (χ3v) is 3.36. The minimum Gasteiger partial charge on any atom is -0.368 e. The molecule has 0 unspecified atom stereocenters. The van der Waals surface area contributed by atoms with Gasteiger partial charge in [-0.05, 0) is 30.3 Å². The van der Waals surface area contributed by atoms with Gasteiger partial charge >= 0.3 is 0 Å². The molecule has 0 spiro atoms. The summed E-state index contributed by atoms with van der Waals surface area (Å²) in [6, 6.07) is 8.59. The van der Waals surface area contributed by atoms with Crippen LogP contribution in [0.25, 0.3) is 0 Å². The highest BCUT2D eigenvalue weighted by molar-refractivity contribution is 5.49. The lowest BCUT2D eigenvalue weighted by Crippen LogP contribution is -2.46. The number of anilines is 2. The molecule has 0 atom stereocenters. The Morgan fingerprint density at radius 1 is 0.895 bits per heavy atom. The summed E-state index contributed by atoms with van der Waals surface area (Å²) in [4.78, 5) is 12.7. The van der Waals surface area contributed by atoms with Crippen LogP contribution in [0.3, 0.4) is 0 Å². The van der Waals surface area contributed by atoms with Crippen molar-refractivity contribution in [3.63, 3.8) is 0 Å². The van der Waals surface area contributed by atoms with Crippen LogP contribution in [0.5, 0.6) is 0 Å². The fourth-order valence-corrected chi connectivity index (χ4v) is 2.32. The quantitative estimate of drug-likeness (QED) is 0.824. The maximum absolute atomic E-state index is 12.9. The molecule has 2 heterocycles. The molecule has 0 amide bonds. The molecule has 0 radical (unpaired) electrons. The van der Waals surface area contributed by atoms with Gasteiger partial charge in [0.1, 0.15) is 18.0 Å². The number of piperazine rings is 1. The van der Waals surface area contributed by atoms with E-state index in [-0.39, 0.29) is 5.82 Å². The van der Waals surface area contributed by atoms with Crippen LogP contribution < -0.4 is 9.80 Å². The second kappa shape index (κ2) is 5.22. The third-order valence-electron chi connectivity index (χ3n) is 3.36. The highest BCUT2D eigenvalue weighted by Gasteiger charge is 2.18. The van der Waals surface area contributed by atoms with Crippen LogP contribution in [0.4, 0.5) is 15.9 Å². The van der Waals surface area contributed by atoms with Crippen molar-refractivity contribution < 1.29 is 4.39 Å². The van der Waals surface area contributed by atoms with Gasteiger partial charge in [-0.15, -0.1) is 0 Å². The average Bonchev–Trinajstić information content (AvgIpc) is 2.49. The molecule has 0 saturated carbocycles. The van der Waals surface area contributed by atoms with Gasteiger partial charge in [-0.3, -0.25) is 0 Å². The molecule has 1 aliphatic heterocycles. The Bertz CT molecular complexity index is 521. The van der Waals surface area contributed by atoms with E-state index in [0.717, 1.165) is 37.7 Å². The molecule has 0 aliphatic carbocycles. The number of benzene rings is 1. The predicted octanol–water partition coefficient (Wildman–Crippen LogP) is 1.94. The van der Waals surface area contributed by atoms with Crippen molar-refractivity contribution in [3.05, 3.63) is 48.7 Å². The first-order valence-corrected chi connectivity index (χ1v) is 6.34. The Balaban J connectivity index is 1.65. The fraction of sp³-hybridized carbons (Fsp3) is 0.286. The molecule has 2 aromatic rings. The number of aromatic nitrogens is 2. The molecule has 3 rings (SSSR count). The van der Waals surface area contributed by atoms with Crippen LogP contribution in [0.2, 0.25) is 0 Å². The summed E-state index contributed by atoms with van der Waals surface area (Å²) in [7, 11) is 0. The Morgan fingerprint density at radius 2 is 1.58 bits per heavy atom. The van der Waals surface area contributed by atoms with Gasteiger partial charge in [-0.25, -0.2) is 14.4 Å². The minimum atomic E-state index is -0.191. The van der Waals surface area contributed by atoms with E-state index in [0.29, 0.717) is 0 Å². The lowest BCUT2D eigenvalue weighted by Gasteiger charge is -2.36. The molecule has 0 bridgehead atoms. The number of halogens is 1. The third kappa shape index (κ3) is 2.65. The molecule has 1 saturated heterocycles. The Labute approximate surface area is 111 Å². The summed E-state index contributed by atoms with van der Waals surface area (Å²) in [5.74, 6) is 0.775. The van der Waals surface area contributed by atoms with Crippen molar-refractivity contribution in [2.24, 2.45) is 0 Å². The summed E-state index contributed by atoms with van der Waals surface area (Å²) < 4.78 is 12.9. The molecule has 19 heavy (non-hydrogen) atoms. The summed E-state index contributed by atoms with van der Waals surface area (Å²) in [6.45, 7) is 3.65. The monoisotopic (exact) mass is 258 g/mol. The zero-order valence-electron chi connectivity index (χ0n) is 10.5. The summed E-state index contributed by atoms with van der Waals surface area (Å²) in [5.41, 5.74) is 1.07. The molecule has 1 fully saturated rings. The predicted molar refractivity (Wildman–Crippen MR) is 72.9 cm³/mol. The van der Waals surface area contributed by atoms with Gasteiger partial charge in [-0.1, -0.05) is 0 Å². The standard InChI is InChI=1S/C14H15FN4/c15-12-1-3-13(4-2-12)18-7-9-19(10-8-18)14-5-6-16-11-17-14/h1-6,11H,7-10H2. The lowest BCUT2D eigenvalue weighted by atomic mass is 10.2. The largest absolute Gasteiger partial charge is 0.368 e. The smallest absolute Gasteiger partial charge is 0.132 e. The molecule has 1 aromatic heterocycles. The van der Waals surface area contributed by atoms with Gasteiger partial charge in [0.05, 0.1) is 0 Å². The van der Waals surface area contributed by atoms with Crippen molar-refractivity contribution >= 4 is 11.5 Å². The van der Waals surface area contributed by atoms with Gasteiger partial charge in [-0.2, -0.15) is 0 Å². The number of rotatable bonds is 2. The summed E-state index contributed by atoms with van der Waals surface area (Å²) in [6.07, 6.45) is 3.33. The van der Waals surface area contributed by atoms with Crippen molar-refractivity contribution in [2.75, 3.05) is 36.0 Å². The van der Waals surface area contributed by atoms with E-state index >= 15 is 0 Å². The molecule has 0 N–H and O–H groups in total. The van der Waals surface area contributed by atoms with Gasteiger partial charge in [0.2, 0.25) is 0 Å². The van der Waals surface area contributed by atoms with Crippen LogP contribution in [0, 0.1) is 5.82 Å². The normalized spacial score (nSPS) is 15.6. The Morgan fingerprint density at radius 3 is 2.21 bits per heavy atom. The molecule has 98 valence electrons. The first-order chi connectivity index (χ1) is 9.33. The Kier molecular flexibility index (Phi) is 3.27. The molecule has 4 nitrogen and oxygen atoms in total. The van der Waals surface area contributed by atoms with E-state index in [2.05, 4.69) is 19.8 Å². The first-order valence-electron chi connectivity index (χ1n) is 6.34. The Hall–Kier alpha value is -2.17. The molecule has 5 heteroatoms.